The summed E-state index contributed by atoms with van der Waals surface area (Å²) in [5, 5.41) is 0. The molecule has 2 heteroatoms. The molecule has 0 aromatic heterocycles. The van der Waals surface area contributed by atoms with E-state index >= 15 is 0 Å². The second kappa shape index (κ2) is 6.06. The molecule has 2 N–H and O–H groups in total. The van der Waals surface area contributed by atoms with Crippen molar-refractivity contribution in [3.05, 3.63) is 35.4 Å². The smallest absolute Gasteiger partial charge is 0.0236 e. The van der Waals surface area contributed by atoms with Crippen LogP contribution < -0.4 is 5.73 Å². The Bertz CT molecular complexity index is 407. The Balaban J connectivity index is 1.60. The van der Waals surface area contributed by atoms with Gasteiger partial charge in [-0.2, -0.15) is 0 Å². The van der Waals surface area contributed by atoms with Crippen molar-refractivity contribution in [2.24, 2.45) is 11.7 Å². The average molecular weight is 258 g/mol. The van der Waals surface area contributed by atoms with Crippen LogP contribution in [0.15, 0.2) is 24.3 Å². The van der Waals surface area contributed by atoms with Gasteiger partial charge in [0.15, 0.2) is 0 Å². The average Bonchev–Trinajstić information content (AvgIpc) is 2.63. The summed E-state index contributed by atoms with van der Waals surface area (Å²) < 4.78 is 0. The molecule has 19 heavy (non-hydrogen) atoms. The van der Waals surface area contributed by atoms with Crippen LogP contribution in [-0.4, -0.2) is 24.0 Å². The van der Waals surface area contributed by atoms with Crippen molar-refractivity contribution in [2.45, 2.75) is 51.1 Å². The minimum atomic E-state index is 0.473. The van der Waals surface area contributed by atoms with Crippen LogP contribution >= 0.6 is 0 Å². The van der Waals surface area contributed by atoms with Crippen LogP contribution in [0.3, 0.4) is 0 Å². The molecule has 1 aromatic carbocycles. The Kier molecular flexibility index (Phi) is 4.19. The van der Waals surface area contributed by atoms with Crippen LogP contribution in [0.25, 0.3) is 0 Å². The van der Waals surface area contributed by atoms with E-state index in [4.69, 9.17) is 5.73 Å². The highest BCUT2D eigenvalue weighted by molar-refractivity contribution is 5.28. The van der Waals surface area contributed by atoms with E-state index in [2.05, 4.69) is 29.2 Å². The third-order valence-electron chi connectivity index (χ3n) is 4.84. The van der Waals surface area contributed by atoms with Crippen molar-refractivity contribution in [2.75, 3.05) is 13.1 Å². The highest BCUT2D eigenvalue weighted by Crippen LogP contribution is 2.26. The van der Waals surface area contributed by atoms with Gasteiger partial charge in [-0.1, -0.05) is 24.3 Å². The Morgan fingerprint density at radius 1 is 1.05 bits per heavy atom. The predicted molar refractivity (Wildman–Crippen MR) is 80.0 cm³/mol. The first-order valence-electron chi connectivity index (χ1n) is 7.86. The number of aryl methyl sites for hydroxylation is 1. The van der Waals surface area contributed by atoms with Gasteiger partial charge in [-0.25, -0.2) is 0 Å². The number of nitrogens with zero attached hydrogens (tertiary/aromatic N) is 1. The molecule has 0 saturated heterocycles. The summed E-state index contributed by atoms with van der Waals surface area (Å²) in [5.74, 6) is 0.880. The molecule has 2 aliphatic rings. The minimum Gasteiger partial charge on any atom is -0.328 e. The lowest BCUT2D eigenvalue weighted by atomic mass is 9.86. The number of hydrogen-bond donors (Lipinski definition) is 1. The third-order valence-corrected chi connectivity index (χ3v) is 4.84. The van der Waals surface area contributed by atoms with Gasteiger partial charge in [0.05, 0.1) is 0 Å². The maximum atomic E-state index is 6.00. The highest BCUT2D eigenvalue weighted by atomic mass is 15.1. The molecule has 0 unspecified atom stereocenters. The molecular formula is C17H26N2. The van der Waals surface area contributed by atoms with E-state index in [9.17, 15) is 0 Å². The van der Waals surface area contributed by atoms with Crippen molar-refractivity contribution in [3.63, 3.8) is 0 Å². The number of nitrogens with two attached hydrogens (primary N) is 1. The third kappa shape index (κ3) is 3.37. The number of fused-ring (bicyclic) bond motifs is 1. The van der Waals surface area contributed by atoms with Crippen LogP contribution in [-0.2, 0) is 13.0 Å². The van der Waals surface area contributed by atoms with E-state index < -0.39 is 0 Å². The number of rotatable bonds is 2. The van der Waals surface area contributed by atoms with E-state index in [0.717, 1.165) is 12.5 Å². The Morgan fingerprint density at radius 3 is 2.58 bits per heavy atom. The van der Waals surface area contributed by atoms with Crippen molar-refractivity contribution in [1.29, 1.82) is 0 Å². The lowest BCUT2D eigenvalue weighted by Crippen LogP contribution is -2.34. The zero-order chi connectivity index (χ0) is 13.1. The lowest BCUT2D eigenvalue weighted by Gasteiger charge is -2.31. The Morgan fingerprint density at radius 2 is 1.79 bits per heavy atom. The standard InChI is InChI=1S/C17H26N2/c18-17-9-7-14(8-10-17)12-19-11-3-6-15-4-1-2-5-16(15)13-19/h1-2,4-5,14,17H,3,6-13,18H2. The molecule has 0 atom stereocenters. The maximum Gasteiger partial charge on any atom is 0.0236 e. The molecule has 0 amide bonds. The lowest BCUT2D eigenvalue weighted by molar-refractivity contribution is 0.190. The van der Waals surface area contributed by atoms with Crippen molar-refractivity contribution < 1.29 is 0 Å². The van der Waals surface area contributed by atoms with Gasteiger partial charge in [-0.3, -0.25) is 4.90 Å². The van der Waals surface area contributed by atoms with E-state index in [1.165, 1.54) is 51.6 Å². The van der Waals surface area contributed by atoms with Gasteiger partial charge in [0.25, 0.3) is 0 Å². The maximum absolute atomic E-state index is 6.00. The first-order chi connectivity index (χ1) is 9.31. The summed E-state index contributed by atoms with van der Waals surface area (Å²) in [4.78, 5) is 2.67. The van der Waals surface area contributed by atoms with Crippen molar-refractivity contribution in [1.82, 2.24) is 4.90 Å². The molecule has 1 fully saturated rings. The monoisotopic (exact) mass is 258 g/mol. The summed E-state index contributed by atoms with van der Waals surface area (Å²) in [6.45, 7) is 3.69. The SMILES string of the molecule is NC1CCC(CN2CCCc3ccccc3C2)CC1. The van der Waals surface area contributed by atoms with Crippen LogP contribution in [0.5, 0.6) is 0 Å². The molecular weight excluding hydrogens is 232 g/mol. The van der Waals surface area contributed by atoms with E-state index in [1.54, 1.807) is 11.1 Å². The fourth-order valence-electron chi connectivity index (χ4n) is 3.66. The molecule has 104 valence electrons. The zero-order valence-corrected chi connectivity index (χ0v) is 11.9. The molecule has 1 heterocycles. The van der Waals surface area contributed by atoms with Gasteiger partial charge in [0, 0.05) is 19.1 Å². The Hall–Kier alpha value is -0.860. The largest absolute Gasteiger partial charge is 0.328 e. The van der Waals surface area contributed by atoms with Gasteiger partial charge >= 0.3 is 0 Å². The molecule has 0 radical (unpaired) electrons. The number of benzene rings is 1. The topological polar surface area (TPSA) is 29.3 Å². The first-order valence-corrected chi connectivity index (χ1v) is 7.86. The summed E-state index contributed by atoms with van der Waals surface area (Å²) in [7, 11) is 0. The minimum absolute atomic E-state index is 0.473. The van der Waals surface area contributed by atoms with E-state index in [-0.39, 0.29) is 0 Å². The molecule has 1 aliphatic carbocycles. The van der Waals surface area contributed by atoms with Crippen molar-refractivity contribution in [3.8, 4) is 0 Å². The predicted octanol–water partition coefficient (Wildman–Crippen LogP) is 2.95. The molecule has 0 spiro atoms. The van der Waals surface area contributed by atoms with Crippen LogP contribution in [0, 0.1) is 5.92 Å². The van der Waals surface area contributed by atoms with Gasteiger partial charge in [-0.15, -0.1) is 0 Å². The van der Waals surface area contributed by atoms with E-state index in [1.807, 2.05) is 0 Å². The second-order valence-corrected chi connectivity index (χ2v) is 6.39. The van der Waals surface area contributed by atoms with Gasteiger partial charge in [0.1, 0.15) is 0 Å². The molecule has 1 aliphatic heterocycles. The van der Waals surface area contributed by atoms with Gasteiger partial charge in [0.2, 0.25) is 0 Å². The normalized spacial score (nSPS) is 28.7. The summed E-state index contributed by atoms with van der Waals surface area (Å²) in [5.41, 5.74) is 9.12. The van der Waals surface area contributed by atoms with Crippen LogP contribution in [0.2, 0.25) is 0 Å². The fourth-order valence-corrected chi connectivity index (χ4v) is 3.66. The van der Waals surface area contributed by atoms with Crippen LogP contribution in [0.1, 0.15) is 43.2 Å². The van der Waals surface area contributed by atoms with Gasteiger partial charge < -0.3 is 5.73 Å². The number of hydrogen-bond acceptors (Lipinski definition) is 2. The molecule has 1 aromatic rings. The highest BCUT2D eigenvalue weighted by Gasteiger charge is 2.22. The zero-order valence-electron chi connectivity index (χ0n) is 11.9. The molecule has 2 nitrogen and oxygen atoms in total. The summed E-state index contributed by atoms with van der Waals surface area (Å²) >= 11 is 0. The van der Waals surface area contributed by atoms with Gasteiger partial charge in [-0.05, 0) is 62.1 Å². The second-order valence-electron chi connectivity index (χ2n) is 6.39. The molecule has 0 bridgehead atoms. The summed E-state index contributed by atoms with van der Waals surface area (Å²) in [6.07, 6.45) is 7.69. The fraction of sp³-hybridized carbons (Fsp3) is 0.647. The summed E-state index contributed by atoms with van der Waals surface area (Å²) in [6, 6.07) is 9.45. The van der Waals surface area contributed by atoms with Crippen molar-refractivity contribution >= 4 is 0 Å². The molecule has 1 saturated carbocycles. The van der Waals surface area contributed by atoms with Crippen LogP contribution in [0.4, 0.5) is 0 Å². The van der Waals surface area contributed by atoms with E-state index in [0.29, 0.717) is 6.04 Å². The first kappa shape index (κ1) is 13.1. The molecule has 3 rings (SSSR count). The quantitative estimate of drug-likeness (QED) is 0.883. The Labute approximate surface area is 117 Å².